The van der Waals surface area contributed by atoms with Gasteiger partial charge < -0.3 is 15.0 Å². The van der Waals surface area contributed by atoms with Gasteiger partial charge in [-0.05, 0) is 65.5 Å². The molecule has 0 unspecified atom stereocenters. The number of carbonyl (C=O) groups is 2. The molecule has 0 spiro atoms. The molecule has 0 atom stereocenters. The summed E-state index contributed by atoms with van der Waals surface area (Å²) in [5.74, 6) is 0.441. The number of amides is 2. The molecule has 0 aromatic heterocycles. The zero-order valence-electron chi connectivity index (χ0n) is 17.5. The van der Waals surface area contributed by atoms with E-state index in [0.29, 0.717) is 23.4 Å². The highest BCUT2D eigenvalue weighted by Crippen LogP contribution is 2.27. The minimum absolute atomic E-state index is 0.0311. The maximum atomic E-state index is 12.8. The topological polar surface area (TPSA) is 58.6 Å². The number of rotatable bonds is 9. The molecule has 0 saturated carbocycles. The van der Waals surface area contributed by atoms with E-state index < -0.39 is 0 Å². The van der Waals surface area contributed by atoms with Crippen molar-refractivity contribution in [2.24, 2.45) is 0 Å². The summed E-state index contributed by atoms with van der Waals surface area (Å²) in [6, 6.07) is 12.5. The first kappa shape index (κ1) is 22.3. The lowest BCUT2D eigenvalue weighted by molar-refractivity contribution is 0.0794. The summed E-state index contributed by atoms with van der Waals surface area (Å²) in [5, 5.41) is 2.90. The Kier molecular flexibility index (Phi) is 8.31. The largest absolute Gasteiger partial charge is 0.492 e. The number of unbranched alkanes of at least 4 members (excludes halogenated alkanes) is 3. The van der Waals surface area contributed by atoms with Gasteiger partial charge in [-0.2, -0.15) is 0 Å². The van der Waals surface area contributed by atoms with Crippen LogP contribution in [0.15, 0.2) is 46.9 Å². The van der Waals surface area contributed by atoms with Crippen molar-refractivity contribution in [1.82, 2.24) is 4.90 Å². The molecular weight excluding hydrogens is 444 g/mol. The van der Waals surface area contributed by atoms with Gasteiger partial charge in [0.2, 0.25) is 0 Å². The van der Waals surface area contributed by atoms with Crippen molar-refractivity contribution in [3.8, 4) is 5.75 Å². The fourth-order valence-corrected chi connectivity index (χ4v) is 4.03. The van der Waals surface area contributed by atoms with Crippen LogP contribution in [-0.4, -0.2) is 36.4 Å². The lowest BCUT2D eigenvalue weighted by Crippen LogP contribution is -2.28. The molecule has 2 amide bonds. The minimum atomic E-state index is -0.258. The maximum absolute atomic E-state index is 12.8. The Morgan fingerprint density at radius 2 is 1.83 bits per heavy atom. The SMILES string of the molecule is CCCCCCOc1ccc(C(=O)Nc2ccccc2C(=O)N2CCCC2)cc1Br. The molecule has 1 saturated heterocycles. The van der Waals surface area contributed by atoms with E-state index in [-0.39, 0.29) is 11.8 Å². The third-order valence-electron chi connectivity index (χ3n) is 5.25. The summed E-state index contributed by atoms with van der Waals surface area (Å²) in [6.45, 7) is 4.39. The van der Waals surface area contributed by atoms with Crippen molar-refractivity contribution < 1.29 is 14.3 Å². The van der Waals surface area contributed by atoms with Crippen LogP contribution in [0.5, 0.6) is 5.75 Å². The van der Waals surface area contributed by atoms with E-state index in [1.54, 1.807) is 30.3 Å². The molecule has 0 radical (unpaired) electrons. The zero-order chi connectivity index (χ0) is 21.3. The van der Waals surface area contributed by atoms with Crippen LogP contribution in [-0.2, 0) is 0 Å². The van der Waals surface area contributed by atoms with E-state index in [1.165, 1.54) is 12.8 Å². The second-order valence-electron chi connectivity index (χ2n) is 7.55. The number of para-hydroxylation sites is 1. The van der Waals surface area contributed by atoms with Gasteiger partial charge in [-0.3, -0.25) is 9.59 Å². The highest BCUT2D eigenvalue weighted by molar-refractivity contribution is 9.10. The Bertz CT molecular complexity index is 879. The summed E-state index contributed by atoms with van der Waals surface area (Å²) in [5.41, 5.74) is 1.56. The van der Waals surface area contributed by atoms with Crippen molar-refractivity contribution in [1.29, 1.82) is 0 Å². The molecule has 2 aromatic carbocycles. The van der Waals surface area contributed by atoms with Crippen molar-refractivity contribution in [3.63, 3.8) is 0 Å². The van der Waals surface area contributed by atoms with E-state index in [9.17, 15) is 9.59 Å². The van der Waals surface area contributed by atoms with E-state index in [2.05, 4.69) is 28.2 Å². The molecule has 160 valence electrons. The van der Waals surface area contributed by atoms with Crippen molar-refractivity contribution in [2.45, 2.75) is 45.4 Å². The molecule has 1 aliphatic heterocycles. The van der Waals surface area contributed by atoms with Crippen LogP contribution in [0.2, 0.25) is 0 Å². The summed E-state index contributed by atoms with van der Waals surface area (Å²) in [6.07, 6.45) is 6.64. The highest BCUT2D eigenvalue weighted by Gasteiger charge is 2.22. The number of hydrogen-bond donors (Lipinski definition) is 1. The van der Waals surface area contributed by atoms with Gasteiger partial charge in [-0.1, -0.05) is 38.3 Å². The molecular formula is C24H29BrN2O3. The number of hydrogen-bond acceptors (Lipinski definition) is 3. The monoisotopic (exact) mass is 472 g/mol. The maximum Gasteiger partial charge on any atom is 0.255 e. The molecule has 5 nitrogen and oxygen atoms in total. The molecule has 1 heterocycles. The van der Waals surface area contributed by atoms with Gasteiger partial charge in [0.05, 0.1) is 22.3 Å². The molecule has 0 bridgehead atoms. The van der Waals surface area contributed by atoms with Gasteiger partial charge in [-0.15, -0.1) is 0 Å². The Balaban J connectivity index is 1.65. The Labute approximate surface area is 186 Å². The van der Waals surface area contributed by atoms with Crippen LogP contribution in [0.1, 0.15) is 66.2 Å². The standard InChI is InChI=1S/C24H29BrN2O3/c1-2-3-4-9-16-30-22-13-12-18(17-20(22)25)23(28)26-21-11-6-5-10-19(21)24(29)27-14-7-8-15-27/h5-6,10-13,17H,2-4,7-9,14-16H2,1H3,(H,26,28). The van der Waals surface area contributed by atoms with Crippen LogP contribution in [0.3, 0.4) is 0 Å². The molecule has 2 aromatic rings. The fourth-order valence-electron chi connectivity index (χ4n) is 3.53. The van der Waals surface area contributed by atoms with Gasteiger partial charge in [0.15, 0.2) is 0 Å². The first-order chi connectivity index (χ1) is 14.6. The smallest absolute Gasteiger partial charge is 0.255 e. The number of carbonyl (C=O) groups excluding carboxylic acids is 2. The average molecular weight is 473 g/mol. The van der Waals surface area contributed by atoms with Gasteiger partial charge in [0.1, 0.15) is 5.75 Å². The van der Waals surface area contributed by atoms with Gasteiger partial charge in [0, 0.05) is 18.7 Å². The number of likely N-dealkylation sites (tertiary alicyclic amines) is 1. The number of nitrogens with one attached hydrogen (secondary N) is 1. The van der Waals surface area contributed by atoms with Crippen LogP contribution in [0.4, 0.5) is 5.69 Å². The third kappa shape index (κ3) is 5.85. The molecule has 1 fully saturated rings. The van der Waals surface area contributed by atoms with Crippen molar-refractivity contribution >= 4 is 33.4 Å². The minimum Gasteiger partial charge on any atom is -0.492 e. The van der Waals surface area contributed by atoms with Crippen LogP contribution in [0, 0.1) is 0 Å². The second kappa shape index (κ2) is 11.2. The van der Waals surface area contributed by atoms with E-state index in [0.717, 1.165) is 49.0 Å². The predicted molar refractivity (Wildman–Crippen MR) is 123 cm³/mol. The lowest BCUT2D eigenvalue weighted by atomic mass is 10.1. The number of benzene rings is 2. The number of nitrogens with zero attached hydrogens (tertiary/aromatic N) is 1. The number of halogens is 1. The molecule has 1 aliphatic rings. The van der Waals surface area contributed by atoms with Gasteiger partial charge in [-0.25, -0.2) is 0 Å². The van der Waals surface area contributed by atoms with Crippen LogP contribution >= 0.6 is 15.9 Å². The average Bonchev–Trinajstić information content (AvgIpc) is 3.29. The normalized spacial score (nSPS) is 13.3. The first-order valence-electron chi connectivity index (χ1n) is 10.7. The first-order valence-corrected chi connectivity index (χ1v) is 11.5. The molecule has 6 heteroatoms. The van der Waals surface area contributed by atoms with E-state index in [4.69, 9.17) is 4.74 Å². The van der Waals surface area contributed by atoms with E-state index in [1.807, 2.05) is 17.0 Å². The number of anilines is 1. The quantitative estimate of drug-likeness (QED) is 0.462. The number of ether oxygens (including phenoxy) is 1. The Hall–Kier alpha value is -2.34. The summed E-state index contributed by atoms with van der Waals surface area (Å²) < 4.78 is 6.56. The summed E-state index contributed by atoms with van der Waals surface area (Å²) in [4.78, 5) is 27.5. The highest BCUT2D eigenvalue weighted by atomic mass is 79.9. The lowest BCUT2D eigenvalue weighted by Gasteiger charge is -2.18. The molecule has 30 heavy (non-hydrogen) atoms. The fraction of sp³-hybridized carbons (Fsp3) is 0.417. The van der Waals surface area contributed by atoms with Crippen LogP contribution in [0.25, 0.3) is 0 Å². The van der Waals surface area contributed by atoms with Gasteiger partial charge in [0.25, 0.3) is 11.8 Å². The molecule has 0 aliphatic carbocycles. The second-order valence-corrected chi connectivity index (χ2v) is 8.41. The van der Waals surface area contributed by atoms with Crippen LogP contribution < -0.4 is 10.1 Å². The summed E-state index contributed by atoms with van der Waals surface area (Å²) >= 11 is 3.50. The predicted octanol–water partition coefficient (Wildman–Crippen LogP) is 5.90. The van der Waals surface area contributed by atoms with E-state index >= 15 is 0 Å². The summed E-state index contributed by atoms with van der Waals surface area (Å²) in [7, 11) is 0. The molecule has 3 rings (SSSR count). The van der Waals surface area contributed by atoms with Crippen molar-refractivity contribution in [3.05, 3.63) is 58.1 Å². The van der Waals surface area contributed by atoms with Crippen molar-refractivity contribution in [2.75, 3.05) is 25.0 Å². The third-order valence-corrected chi connectivity index (χ3v) is 5.87. The Morgan fingerprint density at radius 3 is 2.57 bits per heavy atom. The Morgan fingerprint density at radius 1 is 1.07 bits per heavy atom. The van der Waals surface area contributed by atoms with Gasteiger partial charge >= 0.3 is 0 Å². The zero-order valence-corrected chi connectivity index (χ0v) is 19.0. The molecule has 1 N–H and O–H groups in total.